The minimum atomic E-state index is -0.151. The summed E-state index contributed by atoms with van der Waals surface area (Å²) in [6.45, 7) is 1.59. The maximum atomic E-state index is 14.3. The molecule has 3 nitrogen and oxygen atoms in total. The van der Waals surface area contributed by atoms with Crippen LogP contribution in [0.3, 0.4) is 0 Å². The Morgan fingerprint density at radius 2 is 1.76 bits per heavy atom. The zero-order valence-electron chi connectivity index (χ0n) is 16.3. The second-order valence-electron chi connectivity index (χ2n) is 8.06. The zero-order valence-corrected chi connectivity index (χ0v) is 16.3. The number of benzene rings is 3. The Balaban J connectivity index is 1.54. The van der Waals surface area contributed by atoms with Crippen molar-refractivity contribution < 1.29 is 9.50 Å². The summed E-state index contributed by atoms with van der Waals surface area (Å²) >= 11 is 0. The van der Waals surface area contributed by atoms with Gasteiger partial charge in [-0.25, -0.2) is 4.39 Å². The van der Waals surface area contributed by atoms with Crippen LogP contribution in [0.4, 0.5) is 10.1 Å². The molecule has 0 spiro atoms. The molecule has 5 rings (SSSR count). The number of halogens is 1. The number of rotatable bonds is 4. The number of nitrogens with zero attached hydrogens (tertiary/aromatic N) is 1. The van der Waals surface area contributed by atoms with E-state index < -0.39 is 0 Å². The van der Waals surface area contributed by atoms with Crippen molar-refractivity contribution >= 4 is 5.69 Å². The van der Waals surface area contributed by atoms with E-state index in [1.165, 1.54) is 22.8 Å². The smallest absolute Gasteiger partial charge is 0.127 e. The largest absolute Gasteiger partial charge is 0.394 e. The van der Waals surface area contributed by atoms with E-state index >= 15 is 0 Å². The second-order valence-corrected chi connectivity index (χ2v) is 8.06. The van der Waals surface area contributed by atoms with Crippen molar-refractivity contribution in [3.8, 4) is 11.1 Å². The molecular formula is C25H25FN2O. The summed E-state index contributed by atoms with van der Waals surface area (Å²) in [5.41, 5.74) is 5.42. The average molecular weight is 388 g/mol. The van der Waals surface area contributed by atoms with Gasteiger partial charge in [0.05, 0.1) is 12.6 Å². The van der Waals surface area contributed by atoms with Gasteiger partial charge in [-0.15, -0.1) is 0 Å². The van der Waals surface area contributed by atoms with Crippen LogP contribution in [0.1, 0.15) is 23.6 Å². The number of anilines is 1. The van der Waals surface area contributed by atoms with E-state index in [2.05, 4.69) is 52.7 Å². The minimum absolute atomic E-state index is 0.0284. The number of nitrogens with one attached hydrogen (secondary N) is 1. The lowest BCUT2D eigenvalue weighted by Gasteiger charge is -2.39. The molecule has 3 aromatic rings. The highest BCUT2D eigenvalue weighted by Crippen LogP contribution is 2.47. The average Bonchev–Trinajstić information content (AvgIpc) is 3.19. The lowest BCUT2D eigenvalue weighted by Crippen LogP contribution is -2.41. The van der Waals surface area contributed by atoms with E-state index in [4.69, 9.17) is 0 Å². The first-order valence-electron chi connectivity index (χ1n) is 10.3. The van der Waals surface area contributed by atoms with Crippen LogP contribution in [-0.4, -0.2) is 29.2 Å². The van der Waals surface area contributed by atoms with Gasteiger partial charge in [-0.3, -0.25) is 4.90 Å². The zero-order chi connectivity index (χ0) is 19.8. The Bertz CT molecular complexity index is 1010. The molecule has 2 heterocycles. The Labute approximate surface area is 170 Å². The van der Waals surface area contributed by atoms with Crippen molar-refractivity contribution in [1.82, 2.24) is 4.90 Å². The number of aliphatic hydroxyl groups is 1. The summed E-state index contributed by atoms with van der Waals surface area (Å²) in [6.07, 6.45) is 0.992. The molecule has 2 aliphatic heterocycles. The van der Waals surface area contributed by atoms with Crippen molar-refractivity contribution in [3.63, 3.8) is 0 Å². The fraction of sp³-hybridized carbons (Fsp3) is 0.280. The molecule has 3 atom stereocenters. The molecule has 1 fully saturated rings. The van der Waals surface area contributed by atoms with Crippen molar-refractivity contribution in [2.24, 2.45) is 5.92 Å². The number of hydrogen-bond donors (Lipinski definition) is 2. The first-order chi connectivity index (χ1) is 14.2. The molecule has 0 aliphatic carbocycles. The Hall–Kier alpha value is -2.69. The molecule has 0 bridgehead atoms. The van der Waals surface area contributed by atoms with Crippen LogP contribution >= 0.6 is 0 Å². The number of fused-ring (bicyclic) bond motifs is 3. The molecule has 1 saturated heterocycles. The van der Waals surface area contributed by atoms with Crippen molar-refractivity contribution in [2.45, 2.75) is 25.0 Å². The van der Waals surface area contributed by atoms with Gasteiger partial charge in [-0.2, -0.15) is 0 Å². The third kappa shape index (κ3) is 3.33. The molecule has 0 amide bonds. The monoisotopic (exact) mass is 388 g/mol. The molecule has 4 heteroatoms. The van der Waals surface area contributed by atoms with Gasteiger partial charge in [0.1, 0.15) is 5.82 Å². The third-order valence-corrected chi connectivity index (χ3v) is 6.41. The number of hydrogen-bond acceptors (Lipinski definition) is 3. The number of aliphatic hydroxyl groups excluding tert-OH is 1. The van der Waals surface area contributed by atoms with Crippen molar-refractivity contribution in [1.29, 1.82) is 0 Å². The molecule has 2 aliphatic rings. The Morgan fingerprint density at radius 1 is 0.966 bits per heavy atom. The fourth-order valence-corrected chi connectivity index (χ4v) is 4.99. The van der Waals surface area contributed by atoms with Gasteiger partial charge in [0.25, 0.3) is 0 Å². The first-order valence-corrected chi connectivity index (χ1v) is 10.3. The van der Waals surface area contributed by atoms with Crippen LogP contribution in [0.15, 0.2) is 72.8 Å². The summed E-state index contributed by atoms with van der Waals surface area (Å²) in [5, 5.41) is 13.5. The predicted octanol–water partition coefficient (Wildman–Crippen LogP) is 4.84. The maximum absolute atomic E-state index is 14.3. The highest BCUT2D eigenvalue weighted by molar-refractivity contribution is 5.70. The van der Waals surface area contributed by atoms with E-state index in [1.54, 1.807) is 6.07 Å². The van der Waals surface area contributed by atoms with E-state index in [-0.39, 0.29) is 24.5 Å². The normalized spacial score (nSPS) is 23.3. The molecule has 2 N–H and O–H groups in total. The summed E-state index contributed by atoms with van der Waals surface area (Å²) in [7, 11) is 0. The quantitative estimate of drug-likeness (QED) is 0.671. The van der Waals surface area contributed by atoms with E-state index in [1.807, 2.05) is 18.2 Å². The van der Waals surface area contributed by atoms with Crippen LogP contribution < -0.4 is 5.32 Å². The molecule has 148 valence electrons. The lowest BCUT2D eigenvalue weighted by atomic mass is 9.82. The van der Waals surface area contributed by atoms with Crippen LogP contribution in [0.25, 0.3) is 11.1 Å². The summed E-state index contributed by atoms with van der Waals surface area (Å²) in [5.74, 6) is 0.159. The van der Waals surface area contributed by atoms with Crippen molar-refractivity contribution in [2.75, 3.05) is 18.5 Å². The summed E-state index contributed by atoms with van der Waals surface area (Å²) < 4.78 is 14.3. The fourth-order valence-electron chi connectivity index (χ4n) is 4.99. The first kappa shape index (κ1) is 18.3. The van der Waals surface area contributed by atoms with Gasteiger partial charge in [-0.05, 0) is 47.9 Å². The van der Waals surface area contributed by atoms with Gasteiger partial charge in [0.2, 0.25) is 0 Å². The van der Waals surface area contributed by atoms with Crippen LogP contribution in [0, 0.1) is 11.7 Å². The van der Waals surface area contributed by atoms with E-state index in [0.717, 1.165) is 24.2 Å². The van der Waals surface area contributed by atoms with Gasteiger partial charge in [0.15, 0.2) is 0 Å². The molecule has 29 heavy (non-hydrogen) atoms. The lowest BCUT2D eigenvalue weighted by molar-refractivity contribution is 0.171. The molecule has 3 aromatic carbocycles. The molecule has 0 saturated carbocycles. The SMILES string of the molecule is OC[C@H]1Nc2ccc(-c3ccccc3)cc2[C@@H]2[C@H]1CCN2Cc1ccccc1F. The minimum Gasteiger partial charge on any atom is -0.394 e. The van der Waals surface area contributed by atoms with Gasteiger partial charge >= 0.3 is 0 Å². The maximum Gasteiger partial charge on any atom is 0.127 e. The van der Waals surface area contributed by atoms with Crippen LogP contribution in [-0.2, 0) is 6.54 Å². The Kier molecular flexibility index (Phi) is 4.82. The standard InChI is InChI=1S/C25H25FN2O/c26-22-9-5-4-8-19(22)15-28-13-12-20-24(16-29)27-23-11-10-18(14-21(23)25(20)28)17-6-2-1-3-7-17/h1-11,14,20,24-25,27,29H,12-13,15-16H2/t20-,24+,25-/m0/s1. The van der Waals surface area contributed by atoms with Gasteiger partial charge in [-0.1, -0.05) is 54.6 Å². The number of likely N-dealkylation sites (tertiary alicyclic amines) is 1. The third-order valence-electron chi connectivity index (χ3n) is 6.41. The van der Waals surface area contributed by atoms with Crippen LogP contribution in [0.5, 0.6) is 0 Å². The second kappa shape index (κ2) is 7.62. The van der Waals surface area contributed by atoms with E-state index in [9.17, 15) is 9.50 Å². The molecule has 0 radical (unpaired) electrons. The van der Waals surface area contributed by atoms with Gasteiger partial charge < -0.3 is 10.4 Å². The molecular weight excluding hydrogens is 363 g/mol. The molecule has 0 unspecified atom stereocenters. The highest BCUT2D eigenvalue weighted by atomic mass is 19.1. The summed E-state index contributed by atoms with van der Waals surface area (Å²) in [4.78, 5) is 2.38. The predicted molar refractivity (Wildman–Crippen MR) is 114 cm³/mol. The topological polar surface area (TPSA) is 35.5 Å². The van der Waals surface area contributed by atoms with Crippen molar-refractivity contribution in [3.05, 3.63) is 89.7 Å². The van der Waals surface area contributed by atoms with Gasteiger partial charge in [0, 0.05) is 29.8 Å². The van der Waals surface area contributed by atoms with E-state index in [0.29, 0.717) is 12.5 Å². The summed E-state index contributed by atoms with van der Waals surface area (Å²) in [6, 6.07) is 24.1. The molecule has 0 aromatic heterocycles. The highest BCUT2D eigenvalue weighted by Gasteiger charge is 2.43. The van der Waals surface area contributed by atoms with Crippen LogP contribution in [0.2, 0.25) is 0 Å². The Morgan fingerprint density at radius 3 is 2.55 bits per heavy atom.